The van der Waals surface area contributed by atoms with Gasteiger partial charge in [-0.05, 0) is 55.4 Å². The van der Waals surface area contributed by atoms with E-state index in [1.54, 1.807) is 6.92 Å². The fraction of sp³-hybridized carbons (Fsp3) is 0.588. The van der Waals surface area contributed by atoms with Crippen molar-refractivity contribution in [2.24, 2.45) is 0 Å². The minimum atomic E-state index is -0.790. The van der Waals surface area contributed by atoms with Crippen LogP contribution in [0.15, 0.2) is 12.1 Å². The van der Waals surface area contributed by atoms with E-state index in [0.717, 1.165) is 16.1 Å². The first-order valence-electron chi connectivity index (χ1n) is 7.65. The lowest BCUT2D eigenvalue weighted by molar-refractivity contribution is -0.142. The van der Waals surface area contributed by atoms with Gasteiger partial charge in [0, 0.05) is 5.02 Å². The van der Waals surface area contributed by atoms with Crippen LogP contribution < -0.4 is 0 Å². The van der Waals surface area contributed by atoms with Crippen molar-refractivity contribution in [2.45, 2.75) is 57.2 Å². The van der Waals surface area contributed by atoms with Crippen molar-refractivity contribution in [2.75, 3.05) is 6.61 Å². The molecule has 0 aromatic heterocycles. The number of esters is 1. The highest BCUT2D eigenvalue weighted by molar-refractivity contribution is 6.32. The van der Waals surface area contributed by atoms with Crippen LogP contribution in [0.2, 0.25) is 5.02 Å². The van der Waals surface area contributed by atoms with Gasteiger partial charge < -0.3 is 4.74 Å². The summed E-state index contributed by atoms with van der Waals surface area (Å²) in [6.45, 7) is 4.15. The Kier molecular flexibility index (Phi) is 5.95. The summed E-state index contributed by atoms with van der Waals surface area (Å²) in [7, 11) is 0. The van der Waals surface area contributed by atoms with Crippen LogP contribution in [0.5, 0.6) is 0 Å². The minimum Gasteiger partial charge on any atom is -0.465 e. The summed E-state index contributed by atoms with van der Waals surface area (Å²) < 4.78 is 4.97. The fourth-order valence-electron chi connectivity index (χ4n) is 3.19. The molecule has 1 aliphatic rings. The molecule has 1 aromatic rings. The third-order valence-electron chi connectivity index (χ3n) is 4.16. The lowest BCUT2D eigenvalue weighted by atomic mass is 9.81. The Labute approximate surface area is 136 Å². The Morgan fingerprint density at radius 2 is 2.00 bits per heavy atom. The second-order valence-electron chi connectivity index (χ2n) is 5.68. The molecule has 2 rings (SSSR count). The molecule has 1 aromatic carbocycles. The van der Waals surface area contributed by atoms with Crippen molar-refractivity contribution in [3.05, 3.63) is 33.8 Å². The third-order valence-corrected chi connectivity index (χ3v) is 4.90. The van der Waals surface area contributed by atoms with Gasteiger partial charge in [-0.25, -0.2) is 0 Å². The van der Waals surface area contributed by atoms with Crippen LogP contribution in [0, 0.1) is 6.92 Å². The molecule has 0 amide bonds. The van der Waals surface area contributed by atoms with Crippen LogP contribution in [0.25, 0.3) is 0 Å². The van der Waals surface area contributed by atoms with Gasteiger partial charge in [0.2, 0.25) is 0 Å². The van der Waals surface area contributed by atoms with Gasteiger partial charge in [0.05, 0.1) is 6.61 Å². The quantitative estimate of drug-likeness (QED) is 0.535. The smallest absolute Gasteiger partial charge is 0.328 e. The normalized spacial score (nSPS) is 17.5. The van der Waals surface area contributed by atoms with Gasteiger partial charge in [-0.1, -0.05) is 36.9 Å². The SMILES string of the molecule is CCOC(=O)C(Cl)c1cc(C)c(C2CCCCC2)c(Cl)c1. The minimum absolute atomic E-state index is 0.328. The molecule has 1 saturated carbocycles. The van der Waals surface area contributed by atoms with E-state index < -0.39 is 11.3 Å². The summed E-state index contributed by atoms with van der Waals surface area (Å²) in [6, 6.07) is 3.80. The number of alkyl halides is 1. The summed E-state index contributed by atoms with van der Waals surface area (Å²) in [6.07, 6.45) is 6.24. The van der Waals surface area contributed by atoms with E-state index in [1.165, 1.54) is 37.7 Å². The predicted molar refractivity (Wildman–Crippen MR) is 87.2 cm³/mol. The largest absolute Gasteiger partial charge is 0.465 e. The van der Waals surface area contributed by atoms with Crippen molar-refractivity contribution in [3.63, 3.8) is 0 Å². The Balaban J connectivity index is 2.26. The number of carbonyl (C=O) groups is 1. The molecule has 0 heterocycles. The summed E-state index contributed by atoms with van der Waals surface area (Å²) >= 11 is 12.7. The molecule has 21 heavy (non-hydrogen) atoms. The Hall–Kier alpha value is -0.730. The molecular formula is C17H22Cl2O2. The number of rotatable bonds is 4. The molecule has 0 bridgehead atoms. The van der Waals surface area contributed by atoms with Crippen molar-refractivity contribution >= 4 is 29.2 Å². The zero-order valence-corrected chi connectivity index (χ0v) is 14.1. The number of aryl methyl sites for hydroxylation is 1. The summed E-state index contributed by atoms with van der Waals surface area (Å²) in [4.78, 5) is 11.8. The van der Waals surface area contributed by atoms with Crippen molar-refractivity contribution < 1.29 is 9.53 Å². The van der Waals surface area contributed by atoms with E-state index in [1.807, 2.05) is 19.1 Å². The van der Waals surface area contributed by atoms with Crippen LogP contribution in [0.4, 0.5) is 0 Å². The van der Waals surface area contributed by atoms with E-state index in [0.29, 0.717) is 12.5 Å². The first-order valence-corrected chi connectivity index (χ1v) is 8.46. The summed E-state index contributed by atoms with van der Waals surface area (Å²) in [5, 5.41) is -0.0617. The number of halogens is 2. The maximum atomic E-state index is 11.8. The van der Waals surface area contributed by atoms with Crippen LogP contribution in [-0.4, -0.2) is 12.6 Å². The molecule has 0 saturated heterocycles. The Morgan fingerprint density at radius 1 is 1.33 bits per heavy atom. The molecule has 116 valence electrons. The fourth-order valence-corrected chi connectivity index (χ4v) is 3.81. The number of benzene rings is 1. The van der Waals surface area contributed by atoms with Crippen LogP contribution in [-0.2, 0) is 9.53 Å². The van der Waals surface area contributed by atoms with Crippen LogP contribution >= 0.6 is 23.2 Å². The second-order valence-corrected chi connectivity index (χ2v) is 6.53. The lowest BCUT2D eigenvalue weighted by Gasteiger charge is -2.25. The van der Waals surface area contributed by atoms with Gasteiger partial charge in [-0.2, -0.15) is 0 Å². The van der Waals surface area contributed by atoms with Gasteiger partial charge in [0.15, 0.2) is 5.38 Å². The van der Waals surface area contributed by atoms with Gasteiger partial charge in [-0.3, -0.25) is 4.79 Å². The summed E-state index contributed by atoms with van der Waals surface area (Å²) in [5.41, 5.74) is 3.07. The molecule has 4 heteroatoms. The average molecular weight is 329 g/mol. The third kappa shape index (κ3) is 3.92. The van der Waals surface area contributed by atoms with Crippen LogP contribution in [0.3, 0.4) is 0 Å². The standard InChI is InChI=1S/C17H22Cl2O2/c1-3-21-17(20)16(19)13-9-11(2)15(14(18)10-13)12-7-5-4-6-8-12/h9-10,12,16H,3-8H2,1-2H3. The highest BCUT2D eigenvalue weighted by Gasteiger charge is 2.24. The van der Waals surface area contributed by atoms with Gasteiger partial charge in [-0.15, -0.1) is 11.6 Å². The maximum Gasteiger partial charge on any atom is 0.328 e. The number of hydrogen-bond donors (Lipinski definition) is 0. The molecule has 0 radical (unpaired) electrons. The molecular weight excluding hydrogens is 307 g/mol. The molecule has 1 aliphatic carbocycles. The van der Waals surface area contributed by atoms with E-state index in [-0.39, 0.29) is 0 Å². The maximum absolute atomic E-state index is 11.8. The van der Waals surface area contributed by atoms with Crippen molar-refractivity contribution in [1.29, 1.82) is 0 Å². The number of hydrogen-bond acceptors (Lipinski definition) is 2. The topological polar surface area (TPSA) is 26.3 Å². The van der Waals surface area contributed by atoms with Gasteiger partial charge in [0.25, 0.3) is 0 Å². The molecule has 1 fully saturated rings. The number of ether oxygens (including phenoxy) is 1. The molecule has 0 N–H and O–H groups in total. The molecule has 2 nitrogen and oxygen atoms in total. The van der Waals surface area contributed by atoms with E-state index in [9.17, 15) is 4.79 Å². The molecule has 1 atom stereocenters. The van der Waals surface area contributed by atoms with Gasteiger partial charge in [0.1, 0.15) is 0 Å². The van der Waals surface area contributed by atoms with E-state index >= 15 is 0 Å². The highest BCUT2D eigenvalue weighted by Crippen LogP contribution is 2.40. The Morgan fingerprint density at radius 3 is 2.57 bits per heavy atom. The predicted octanol–water partition coefficient (Wildman–Crippen LogP) is 5.54. The first-order chi connectivity index (χ1) is 10.0. The zero-order valence-electron chi connectivity index (χ0n) is 12.6. The van der Waals surface area contributed by atoms with Gasteiger partial charge >= 0.3 is 5.97 Å². The second kappa shape index (κ2) is 7.51. The zero-order chi connectivity index (χ0) is 15.4. The lowest BCUT2D eigenvalue weighted by Crippen LogP contribution is -2.12. The summed E-state index contributed by atoms with van der Waals surface area (Å²) in [5.74, 6) is 0.122. The van der Waals surface area contributed by atoms with Crippen LogP contribution in [0.1, 0.15) is 67.0 Å². The van der Waals surface area contributed by atoms with E-state index in [4.69, 9.17) is 27.9 Å². The average Bonchev–Trinajstić information content (AvgIpc) is 2.47. The highest BCUT2D eigenvalue weighted by atomic mass is 35.5. The van der Waals surface area contributed by atoms with Crippen molar-refractivity contribution in [3.8, 4) is 0 Å². The first kappa shape index (κ1) is 16.6. The van der Waals surface area contributed by atoms with Crippen molar-refractivity contribution in [1.82, 2.24) is 0 Å². The monoisotopic (exact) mass is 328 g/mol. The molecule has 0 aliphatic heterocycles. The molecule has 1 unspecified atom stereocenters. The molecule has 0 spiro atoms. The number of carbonyl (C=O) groups excluding carboxylic acids is 1. The van der Waals surface area contributed by atoms with E-state index in [2.05, 4.69) is 0 Å². The Bertz CT molecular complexity index is 485.